The van der Waals surface area contributed by atoms with Crippen LogP contribution in [0.5, 0.6) is 0 Å². The zero-order chi connectivity index (χ0) is 19.9. The highest BCUT2D eigenvalue weighted by Crippen LogP contribution is 2.34. The van der Waals surface area contributed by atoms with Crippen LogP contribution in [-0.2, 0) is 19.6 Å². The smallest absolute Gasteiger partial charge is 0.448 e. The van der Waals surface area contributed by atoms with Crippen molar-refractivity contribution in [3.05, 3.63) is 0 Å². The quantitative estimate of drug-likeness (QED) is 0.280. The van der Waals surface area contributed by atoms with Crippen molar-refractivity contribution >= 4 is 16.0 Å². The van der Waals surface area contributed by atoms with Gasteiger partial charge in [0.15, 0.2) is 0 Å². The lowest BCUT2D eigenvalue weighted by molar-refractivity contribution is -0.884. The second-order valence-corrected chi connectivity index (χ2v) is 8.30. The number of alkyl halides is 4. The fourth-order valence-corrected chi connectivity index (χ4v) is 2.93. The molecule has 0 aliphatic heterocycles. The molecule has 0 bridgehead atoms. The lowest BCUT2D eigenvalue weighted by Crippen LogP contribution is -2.49. The Labute approximate surface area is 144 Å². The number of carbonyl (C=O) groups excluding carboxylic acids is 1. The predicted octanol–water partition coefficient (Wildman–Crippen LogP) is -0.223. The minimum atomic E-state index is -5.19. The van der Waals surface area contributed by atoms with Crippen LogP contribution < -0.4 is 9.83 Å². The Morgan fingerprint density at radius 3 is 2.24 bits per heavy atom. The van der Waals surface area contributed by atoms with Gasteiger partial charge in [-0.2, -0.15) is 13.2 Å². The largest absolute Gasteiger partial charge is 0.544 e. The molecule has 0 fully saturated rings. The van der Waals surface area contributed by atoms with Gasteiger partial charge < -0.3 is 19.1 Å². The monoisotopic (exact) mass is 396 g/mol. The van der Waals surface area contributed by atoms with Crippen LogP contribution in [0, 0.1) is 0 Å². The third-order valence-electron chi connectivity index (χ3n) is 3.26. The molecule has 1 unspecified atom stereocenters. The van der Waals surface area contributed by atoms with E-state index in [1.165, 1.54) is 0 Å². The summed E-state index contributed by atoms with van der Waals surface area (Å²) in [4.78, 5) is 10.5. The zero-order valence-electron chi connectivity index (χ0n) is 14.4. The molecule has 1 N–H and O–H groups in total. The van der Waals surface area contributed by atoms with E-state index in [2.05, 4.69) is 9.46 Å². The third-order valence-corrected chi connectivity index (χ3v) is 4.73. The van der Waals surface area contributed by atoms with Gasteiger partial charge in [-0.05, 0) is 6.42 Å². The number of sulfonamides is 1. The molecule has 0 spiro atoms. The number of rotatable bonds is 12. The summed E-state index contributed by atoms with van der Waals surface area (Å²) < 4.78 is 79.4. The first-order valence-corrected chi connectivity index (χ1v) is 9.12. The molecule has 25 heavy (non-hydrogen) atoms. The summed E-state index contributed by atoms with van der Waals surface area (Å²) in [5.41, 5.74) is 0. The molecule has 7 nitrogen and oxygen atoms in total. The molecule has 0 saturated carbocycles. The summed E-state index contributed by atoms with van der Waals surface area (Å²) in [5, 5.41) is 10.5. The molecule has 0 aliphatic carbocycles. The van der Waals surface area contributed by atoms with E-state index in [-0.39, 0.29) is 30.9 Å². The molecule has 0 heterocycles. The highest BCUT2D eigenvalue weighted by Gasteiger charge is 2.53. The first-order valence-electron chi connectivity index (χ1n) is 7.47. The van der Waals surface area contributed by atoms with E-state index in [1.807, 2.05) is 0 Å². The molecular weight excluding hydrogens is 372 g/mol. The Morgan fingerprint density at radius 2 is 1.76 bits per heavy atom. The maximum absolute atomic E-state index is 13.1. The average molecular weight is 396 g/mol. The van der Waals surface area contributed by atoms with Crippen molar-refractivity contribution in [2.24, 2.45) is 0 Å². The van der Waals surface area contributed by atoms with Crippen molar-refractivity contribution in [1.29, 1.82) is 0 Å². The second-order valence-electron chi connectivity index (χ2n) is 6.37. The minimum Gasteiger partial charge on any atom is -0.544 e. The van der Waals surface area contributed by atoms with Gasteiger partial charge in [0.25, 0.3) is 0 Å². The van der Waals surface area contributed by atoms with Crippen molar-refractivity contribution in [3.8, 4) is 0 Å². The number of ether oxygens (including phenoxy) is 1. The highest BCUT2D eigenvalue weighted by atomic mass is 32.2. The average Bonchev–Trinajstić information content (AvgIpc) is 2.37. The van der Waals surface area contributed by atoms with Crippen molar-refractivity contribution in [2.75, 3.05) is 46.1 Å². The van der Waals surface area contributed by atoms with Crippen LogP contribution in [0.15, 0.2) is 0 Å². The van der Waals surface area contributed by atoms with E-state index < -0.39 is 40.4 Å². The fourth-order valence-electron chi connectivity index (χ4n) is 1.83. The molecule has 12 heteroatoms. The van der Waals surface area contributed by atoms with Gasteiger partial charge in [-0.15, -0.1) is 0 Å². The number of likely N-dealkylation sites (N-methyl/N-ethyl adjacent to an activating group) is 1. The SMILES string of the molecule is CC(F)(OCCCS(=O)(=O)NCCC[N+](C)(C)CC(=O)[O-])C(F)(F)F. The van der Waals surface area contributed by atoms with Crippen molar-refractivity contribution in [3.63, 3.8) is 0 Å². The summed E-state index contributed by atoms with van der Waals surface area (Å²) in [7, 11) is -0.447. The molecule has 0 aromatic heterocycles. The first-order chi connectivity index (χ1) is 11.1. The van der Waals surface area contributed by atoms with Gasteiger partial charge in [0.1, 0.15) is 6.54 Å². The van der Waals surface area contributed by atoms with Gasteiger partial charge in [-0.3, -0.25) is 0 Å². The standard InChI is InChI=1S/C13H24F4N2O5S/c1-12(14,13(15,16)17)24-8-5-9-25(22,23)18-6-4-7-19(2,3)10-11(20)21/h18H,4-10H2,1-3H3. The second kappa shape index (κ2) is 9.10. The summed E-state index contributed by atoms with van der Waals surface area (Å²) in [6, 6.07) is 0. The predicted molar refractivity (Wildman–Crippen MR) is 79.4 cm³/mol. The van der Waals surface area contributed by atoms with Crippen LogP contribution in [0.4, 0.5) is 17.6 Å². The highest BCUT2D eigenvalue weighted by molar-refractivity contribution is 7.89. The number of quaternary nitrogens is 1. The summed E-state index contributed by atoms with van der Waals surface area (Å²) >= 11 is 0. The molecule has 0 aliphatic rings. The molecule has 0 amide bonds. The van der Waals surface area contributed by atoms with Crippen LogP contribution in [-0.4, -0.2) is 77.0 Å². The lowest BCUT2D eigenvalue weighted by Gasteiger charge is -2.30. The first kappa shape index (κ1) is 24.0. The maximum atomic E-state index is 13.1. The van der Waals surface area contributed by atoms with E-state index >= 15 is 0 Å². The number of nitrogens with zero attached hydrogens (tertiary/aromatic N) is 1. The van der Waals surface area contributed by atoms with E-state index in [4.69, 9.17) is 0 Å². The van der Waals surface area contributed by atoms with E-state index in [0.29, 0.717) is 13.0 Å². The number of hydrogen-bond acceptors (Lipinski definition) is 5. The van der Waals surface area contributed by atoms with E-state index in [1.54, 1.807) is 14.1 Å². The maximum Gasteiger partial charge on any atom is 0.448 e. The molecule has 0 aromatic rings. The molecule has 150 valence electrons. The van der Waals surface area contributed by atoms with Gasteiger partial charge in [0, 0.05) is 19.9 Å². The van der Waals surface area contributed by atoms with Crippen LogP contribution >= 0.6 is 0 Å². The van der Waals surface area contributed by atoms with Gasteiger partial charge in [-0.1, -0.05) is 0 Å². The number of carboxylic acids is 1. The Hall–Kier alpha value is -0.980. The van der Waals surface area contributed by atoms with E-state index in [9.17, 15) is 35.9 Å². The zero-order valence-corrected chi connectivity index (χ0v) is 15.2. The van der Waals surface area contributed by atoms with Gasteiger partial charge >= 0.3 is 12.0 Å². The van der Waals surface area contributed by atoms with Gasteiger partial charge in [-0.25, -0.2) is 17.5 Å². The van der Waals surface area contributed by atoms with Crippen LogP contribution in [0.1, 0.15) is 19.8 Å². The van der Waals surface area contributed by atoms with Crippen LogP contribution in [0.25, 0.3) is 0 Å². The molecule has 1 atom stereocenters. The third kappa shape index (κ3) is 10.6. The number of aliphatic carboxylic acids is 1. The number of carbonyl (C=O) groups is 1. The molecule has 0 saturated heterocycles. The topological polar surface area (TPSA) is 95.5 Å². The Morgan fingerprint density at radius 1 is 1.20 bits per heavy atom. The van der Waals surface area contributed by atoms with Gasteiger partial charge in [0.2, 0.25) is 10.0 Å². The summed E-state index contributed by atoms with van der Waals surface area (Å²) in [6.07, 6.45) is -5.15. The molecule has 0 rings (SSSR count). The van der Waals surface area contributed by atoms with Crippen LogP contribution in [0.3, 0.4) is 0 Å². The normalized spacial score (nSPS) is 15.8. The van der Waals surface area contributed by atoms with Crippen LogP contribution in [0.2, 0.25) is 0 Å². The summed E-state index contributed by atoms with van der Waals surface area (Å²) in [6.45, 7) is -0.284. The van der Waals surface area contributed by atoms with Crippen molar-refractivity contribution in [1.82, 2.24) is 4.72 Å². The molecule has 0 aromatic carbocycles. The number of nitrogens with one attached hydrogen (secondary N) is 1. The number of carboxylic acid groups (broad SMARTS) is 1. The fraction of sp³-hybridized carbons (Fsp3) is 0.923. The number of halogens is 4. The van der Waals surface area contributed by atoms with E-state index in [0.717, 1.165) is 0 Å². The lowest BCUT2D eigenvalue weighted by atomic mass is 10.3. The van der Waals surface area contributed by atoms with Gasteiger partial charge in [0.05, 0.1) is 39.0 Å². The number of hydrogen-bond donors (Lipinski definition) is 1. The van der Waals surface area contributed by atoms with Crippen molar-refractivity contribution in [2.45, 2.75) is 31.8 Å². The minimum absolute atomic E-state index is 0.0430. The van der Waals surface area contributed by atoms with Crippen molar-refractivity contribution < 1.29 is 45.1 Å². The summed E-state index contributed by atoms with van der Waals surface area (Å²) in [5.74, 6) is -5.56. The molecule has 0 radical (unpaired) electrons. The Bertz CT molecular complexity index is 535. The Balaban J connectivity index is 4.09. The Kier molecular flexibility index (Phi) is 8.74. The molecular formula is C13H24F4N2O5S.